The molecule has 0 spiro atoms. The average Bonchev–Trinajstić information content (AvgIpc) is 2.68. The van der Waals surface area contributed by atoms with Gasteiger partial charge in [-0.25, -0.2) is 0 Å². The molecule has 0 aliphatic rings. The molecule has 0 saturated carbocycles. The van der Waals surface area contributed by atoms with E-state index in [1.54, 1.807) is 7.11 Å². The maximum Gasteiger partial charge on any atom is 0.133 e. The number of ether oxygens (including phenoxy) is 2. The van der Waals surface area contributed by atoms with E-state index >= 15 is 0 Å². The minimum Gasteiger partial charge on any atom is -0.497 e. The number of para-hydroxylation sites is 1. The van der Waals surface area contributed by atoms with E-state index < -0.39 is 6.10 Å². The zero-order chi connectivity index (χ0) is 19.4. The summed E-state index contributed by atoms with van der Waals surface area (Å²) < 4.78 is 11.2. The van der Waals surface area contributed by atoms with Crippen LogP contribution >= 0.6 is 0 Å². The summed E-state index contributed by atoms with van der Waals surface area (Å²) in [5, 5.41) is 10.9. The summed E-state index contributed by atoms with van der Waals surface area (Å²) in [4.78, 5) is 0. The number of rotatable bonds is 5. The Morgan fingerprint density at radius 1 is 0.778 bits per heavy atom. The molecule has 3 aromatic carbocycles. The van der Waals surface area contributed by atoms with Crippen LogP contribution in [0.25, 0.3) is 0 Å². The molecule has 1 N–H and O–H groups in total. The maximum absolute atomic E-state index is 10.9. The van der Waals surface area contributed by atoms with Gasteiger partial charge in [0.2, 0.25) is 0 Å². The van der Waals surface area contributed by atoms with E-state index in [0.717, 1.165) is 16.9 Å². The molecule has 0 aliphatic carbocycles. The fraction of sp³-hybridized carbons (Fsp3) is 0.250. The van der Waals surface area contributed by atoms with E-state index in [0.29, 0.717) is 11.5 Å². The smallest absolute Gasteiger partial charge is 0.133 e. The lowest BCUT2D eigenvalue weighted by Crippen LogP contribution is -2.11. The standard InChI is InChI=1S/C24H26O3/c1-24(2,3)18-11-9-17(10-12-18)23(25)21-7-5-6-8-22(21)27-20-15-13-19(26-4)14-16-20/h5-16,23,25H,1-4H3. The van der Waals surface area contributed by atoms with Crippen LogP contribution in [0.4, 0.5) is 0 Å². The van der Waals surface area contributed by atoms with Crippen molar-refractivity contribution in [3.63, 3.8) is 0 Å². The van der Waals surface area contributed by atoms with Crippen molar-refractivity contribution in [2.75, 3.05) is 7.11 Å². The zero-order valence-corrected chi connectivity index (χ0v) is 16.3. The van der Waals surface area contributed by atoms with Gasteiger partial charge in [-0.3, -0.25) is 0 Å². The molecule has 0 aliphatic heterocycles. The summed E-state index contributed by atoms with van der Waals surface area (Å²) in [5.41, 5.74) is 2.89. The minimum absolute atomic E-state index is 0.0822. The van der Waals surface area contributed by atoms with E-state index in [1.807, 2.05) is 60.7 Å². The largest absolute Gasteiger partial charge is 0.497 e. The first-order valence-electron chi connectivity index (χ1n) is 9.08. The SMILES string of the molecule is COc1ccc(Oc2ccccc2C(O)c2ccc(C(C)(C)C)cc2)cc1. The minimum atomic E-state index is -0.756. The Balaban J connectivity index is 1.86. The first kappa shape index (κ1) is 19.0. The number of aliphatic hydroxyl groups excluding tert-OH is 1. The van der Waals surface area contributed by atoms with Gasteiger partial charge in [-0.2, -0.15) is 0 Å². The zero-order valence-electron chi connectivity index (χ0n) is 16.3. The fourth-order valence-corrected chi connectivity index (χ4v) is 2.92. The van der Waals surface area contributed by atoms with Crippen LogP contribution in [0.2, 0.25) is 0 Å². The van der Waals surface area contributed by atoms with E-state index in [4.69, 9.17) is 9.47 Å². The second-order valence-corrected chi connectivity index (χ2v) is 7.59. The van der Waals surface area contributed by atoms with Gasteiger partial charge in [0, 0.05) is 5.56 Å². The second-order valence-electron chi connectivity index (χ2n) is 7.59. The first-order valence-corrected chi connectivity index (χ1v) is 9.08. The molecule has 0 radical (unpaired) electrons. The normalized spacial score (nSPS) is 12.5. The molecular weight excluding hydrogens is 336 g/mol. The lowest BCUT2D eigenvalue weighted by molar-refractivity contribution is 0.216. The van der Waals surface area contributed by atoms with Crippen molar-refractivity contribution in [3.8, 4) is 17.2 Å². The van der Waals surface area contributed by atoms with Gasteiger partial charge in [0.15, 0.2) is 0 Å². The Hall–Kier alpha value is -2.78. The molecule has 3 rings (SSSR count). The monoisotopic (exact) mass is 362 g/mol. The molecule has 0 heterocycles. The topological polar surface area (TPSA) is 38.7 Å². The fourth-order valence-electron chi connectivity index (χ4n) is 2.92. The lowest BCUT2D eigenvalue weighted by Gasteiger charge is -2.21. The Morgan fingerprint density at radius 3 is 1.96 bits per heavy atom. The molecular formula is C24H26O3. The van der Waals surface area contributed by atoms with E-state index in [2.05, 4.69) is 32.9 Å². The number of aliphatic hydroxyl groups is 1. The second kappa shape index (κ2) is 7.85. The summed E-state index contributed by atoms with van der Waals surface area (Å²) in [7, 11) is 1.63. The number of hydrogen-bond donors (Lipinski definition) is 1. The average molecular weight is 362 g/mol. The van der Waals surface area contributed by atoms with Gasteiger partial charge in [0.05, 0.1) is 7.11 Å². The van der Waals surface area contributed by atoms with Gasteiger partial charge in [-0.15, -0.1) is 0 Å². The predicted octanol–water partition coefficient (Wildman–Crippen LogP) is 5.87. The number of benzene rings is 3. The summed E-state index contributed by atoms with van der Waals surface area (Å²) >= 11 is 0. The van der Waals surface area contributed by atoms with Gasteiger partial charge in [-0.1, -0.05) is 63.2 Å². The Bertz CT molecular complexity index is 875. The van der Waals surface area contributed by atoms with Gasteiger partial charge < -0.3 is 14.6 Å². The Labute approximate surface area is 161 Å². The molecule has 0 amide bonds. The summed E-state index contributed by atoms with van der Waals surface area (Å²) in [6.07, 6.45) is -0.756. The molecule has 3 heteroatoms. The molecule has 1 atom stereocenters. The van der Waals surface area contributed by atoms with Crippen LogP contribution in [0.15, 0.2) is 72.8 Å². The van der Waals surface area contributed by atoms with Crippen LogP contribution in [-0.4, -0.2) is 12.2 Å². The lowest BCUT2D eigenvalue weighted by atomic mass is 9.86. The van der Waals surface area contributed by atoms with Crippen LogP contribution in [0.1, 0.15) is 43.6 Å². The van der Waals surface area contributed by atoms with Crippen molar-refractivity contribution in [2.24, 2.45) is 0 Å². The van der Waals surface area contributed by atoms with Crippen LogP contribution in [-0.2, 0) is 5.41 Å². The van der Waals surface area contributed by atoms with Crippen molar-refractivity contribution < 1.29 is 14.6 Å². The summed E-state index contributed by atoms with van der Waals surface area (Å²) in [6, 6.07) is 23.1. The van der Waals surface area contributed by atoms with Gasteiger partial charge in [0.1, 0.15) is 23.4 Å². The molecule has 140 valence electrons. The molecule has 3 aromatic rings. The van der Waals surface area contributed by atoms with Crippen molar-refractivity contribution in [1.29, 1.82) is 0 Å². The van der Waals surface area contributed by atoms with Gasteiger partial charge in [0.25, 0.3) is 0 Å². The van der Waals surface area contributed by atoms with Crippen molar-refractivity contribution in [2.45, 2.75) is 32.3 Å². The third-order valence-electron chi connectivity index (χ3n) is 4.59. The highest BCUT2D eigenvalue weighted by Gasteiger charge is 2.18. The molecule has 27 heavy (non-hydrogen) atoms. The summed E-state index contributed by atoms with van der Waals surface area (Å²) in [5.74, 6) is 2.10. The highest BCUT2D eigenvalue weighted by molar-refractivity contribution is 5.44. The highest BCUT2D eigenvalue weighted by Crippen LogP contribution is 2.34. The number of methoxy groups -OCH3 is 1. The number of hydrogen-bond acceptors (Lipinski definition) is 3. The Kier molecular flexibility index (Phi) is 5.52. The quantitative estimate of drug-likeness (QED) is 0.617. The van der Waals surface area contributed by atoms with Crippen molar-refractivity contribution in [3.05, 3.63) is 89.5 Å². The third-order valence-corrected chi connectivity index (χ3v) is 4.59. The van der Waals surface area contributed by atoms with Crippen LogP contribution in [0.5, 0.6) is 17.2 Å². The van der Waals surface area contributed by atoms with Crippen LogP contribution < -0.4 is 9.47 Å². The molecule has 1 unspecified atom stereocenters. The van der Waals surface area contributed by atoms with E-state index in [1.165, 1.54) is 5.56 Å². The van der Waals surface area contributed by atoms with E-state index in [9.17, 15) is 5.11 Å². The first-order chi connectivity index (χ1) is 12.9. The van der Waals surface area contributed by atoms with Crippen LogP contribution in [0.3, 0.4) is 0 Å². The molecule has 0 bridgehead atoms. The molecule has 3 nitrogen and oxygen atoms in total. The Morgan fingerprint density at radius 2 is 1.37 bits per heavy atom. The highest BCUT2D eigenvalue weighted by atomic mass is 16.5. The molecule has 0 aromatic heterocycles. The van der Waals surface area contributed by atoms with Crippen molar-refractivity contribution >= 4 is 0 Å². The third kappa shape index (κ3) is 4.50. The molecule has 0 fully saturated rings. The molecule has 0 saturated heterocycles. The van der Waals surface area contributed by atoms with Gasteiger partial charge in [-0.05, 0) is 46.9 Å². The van der Waals surface area contributed by atoms with Crippen molar-refractivity contribution in [1.82, 2.24) is 0 Å². The summed E-state index contributed by atoms with van der Waals surface area (Å²) in [6.45, 7) is 6.53. The van der Waals surface area contributed by atoms with Crippen LogP contribution in [0, 0.1) is 0 Å². The predicted molar refractivity (Wildman–Crippen MR) is 109 cm³/mol. The maximum atomic E-state index is 10.9. The van der Waals surface area contributed by atoms with E-state index in [-0.39, 0.29) is 5.41 Å². The van der Waals surface area contributed by atoms with Gasteiger partial charge >= 0.3 is 0 Å².